The summed E-state index contributed by atoms with van der Waals surface area (Å²) in [4.78, 5) is 42.7. The Kier molecular flexibility index (Phi) is 6.18. The topological polar surface area (TPSA) is 69.7 Å². The molecule has 0 unspecified atom stereocenters. The molecule has 0 spiro atoms. The van der Waals surface area contributed by atoms with Gasteiger partial charge in [0.15, 0.2) is 0 Å². The number of hydrogen-bond donors (Lipinski definition) is 1. The number of nitrogens with zero attached hydrogens (tertiary/aromatic N) is 2. The Morgan fingerprint density at radius 1 is 0.970 bits per heavy atom. The lowest BCUT2D eigenvalue weighted by atomic mass is 10.1. The van der Waals surface area contributed by atoms with Crippen LogP contribution in [-0.4, -0.2) is 41.2 Å². The van der Waals surface area contributed by atoms with Crippen molar-refractivity contribution in [2.45, 2.75) is 46.3 Å². The van der Waals surface area contributed by atoms with Crippen molar-refractivity contribution in [3.63, 3.8) is 0 Å². The zero-order valence-electron chi connectivity index (χ0n) is 19.5. The van der Waals surface area contributed by atoms with E-state index in [2.05, 4.69) is 5.32 Å². The summed E-state index contributed by atoms with van der Waals surface area (Å²) in [5.41, 5.74) is 3.35. The molecular formula is C27H29N3O3. The van der Waals surface area contributed by atoms with Crippen LogP contribution in [0.4, 0.5) is 5.69 Å². The van der Waals surface area contributed by atoms with Crippen molar-refractivity contribution in [2.24, 2.45) is 0 Å². The second-order valence-corrected chi connectivity index (χ2v) is 8.86. The highest BCUT2D eigenvalue weighted by Crippen LogP contribution is 2.37. The quantitative estimate of drug-likeness (QED) is 0.599. The number of nitrogens with one attached hydrogen (secondary N) is 1. The van der Waals surface area contributed by atoms with Gasteiger partial charge in [-0.25, -0.2) is 0 Å². The van der Waals surface area contributed by atoms with Crippen LogP contribution in [0.2, 0.25) is 0 Å². The molecule has 3 amide bonds. The van der Waals surface area contributed by atoms with Crippen molar-refractivity contribution < 1.29 is 14.4 Å². The maximum absolute atomic E-state index is 13.6. The lowest BCUT2D eigenvalue weighted by molar-refractivity contribution is -0.139. The first-order chi connectivity index (χ1) is 15.8. The number of carbonyl (C=O) groups excluding carboxylic acids is 3. The average Bonchev–Trinajstić information content (AvgIpc) is 3.05. The minimum Gasteiger partial charge on any atom is -0.352 e. The molecule has 0 aliphatic carbocycles. The largest absolute Gasteiger partial charge is 0.352 e. The molecule has 0 aromatic heterocycles. The van der Waals surface area contributed by atoms with E-state index in [1.54, 1.807) is 17.9 Å². The molecule has 4 rings (SSSR count). The minimum absolute atomic E-state index is 0.0392. The minimum atomic E-state index is -0.685. The number of hydrogen-bond acceptors (Lipinski definition) is 3. The Labute approximate surface area is 194 Å². The molecule has 1 N–H and O–H groups in total. The van der Waals surface area contributed by atoms with Gasteiger partial charge >= 0.3 is 0 Å². The molecule has 0 radical (unpaired) electrons. The van der Waals surface area contributed by atoms with Crippen molar-refractivity contribution in [3.8, 4) is 0 Å². The summed E-state index contributed by atoms with van der Waals surface area (Å²) in [7, 11) is 0. The molecule has 1 heterocycles. The van der Waals surface area contributed by atoms with Crippen LogP contribution in [0.5, 0.6) is 0 Å². The smallest absolute Gasteiger partial charge is 0.259 e. The van der Waals surface area contributed by atoms with Crippen molar-refractivity contribution in [1.29, 1.82) is 0 Å². The Hall–Kier alpha value is -3.67. The number of rotatable bonds is 7. The van der Waals surface area contributed by atoms with Gasteiger partial charge in [-0.2, -0.15) is 0 Å². The van der Waals surface area contributed by atoms with Gasteiger partial charge < -0.3 is 10.2 Å². The molecule has 0 saturated heterocycles. The van der Waals surface area contributed by atoms with E-state index in [1.807, 2.05) is 75.4 Å². The van der Waals surface area contributed by atoms with Gasteiger partial charge in [0.25, 0.3) is 5.91 Å². The molecule has 0 bridgehead atoms. The predicted octanol–water partition coefficient (Wildman–Crippen LogP) is 4.05. The van der Waals surface area contributed by atoms with E-state index in [0.29, 0.717) is 5.56 Å². The Balaban J connectivity index is 1.64. The van der Waals surface area contributed by atoms with E-state index in [-0.39, 0.29) is 36.9 Å². The van der Waals surface area contributed by atoms with Crippen LogP contribution in [0, 0.1) is 6.92 Å². The molecule has 6 nitrogen and oxygen atoms in total. The summed E-state index contributed by atoms with van der Waals surface area (Å²) in [5.74, 6) is -0.682. The van der Waals surface area contributed by atoms with Gasteiger partial charge in [0.1, 0.15) is 12.6 Å². The summed E-state index contributed by atoms with van der Waals surface area (Å²) in [6.45, 7) is 7.65. The fourth-order valence-electron chi connectivity index (χ4n) is 4.32. The van der Waals surface area contributed by atoms with E-state index in [9.17, 15) is 14.4 Å². The maximum Gasteiger partial charge on any atom is 0.259 e. The van der Waals surface area contributed by atoms with Gasteiger partial charge in [-0.15, -0.1) is 0 Å². The van der Waals surface area contributed by atoms with Gasteiger partial charge in [0.05, 0.1) is 5.69 Å². The van der Waals surface area contributed by atoms with Gasteiger partial charge in [0.2, 0.25) is 11.8 Å². The number of anilines is 1. The van der Waals surface area contributed by atoms with Crippen LogP contribution < -0.4 is 10.2 Å². The van der Waals surface area contributed by atoms with Gasteiger partial charge in [0, 0.05) is 23.5 Å². The molecular weight excluding hydrogens is 414 g/mol. The lowest BCUT2D eigenvalue weighted by Crippen LogP contribution is -2.52. The third-order valence-corrected chi connectivity index (χ3v) is 6.14. The van der Waals surface area contributed by atoms with Crippen LogP contribution >= 0.6 is 0 Å². The summed E-state index contributed by atoms with van der Waals surface area (Å²) in [6.07, 6.45) is 0. The maximum atomic E-state index is 13.6. The highest BCUT2D eigenvalue weighted by molar-refractivity contribution is 6.26. The molecule has 1 aliphatic rings. The number of aryl methyl sites for hydroxylation is 1. The number of amides is 3. The van der Waals surface area contributed by atoms with Crippen molar-refractivity contribution >= 4 is 34.2 Å². The van der Waals surface area contributed by atoms with Crippen LogP contribution in [-0.2, 0) is 16.1 Å². The molecule has 33 heavy (non-hydrogen) atoms. The Bertz CT molecular complexity index is 1230. The molecule has 6 heteroatoms. The van der Waals surface area contributed by atoms with Crippen LogP contribution in [0.15, 0.2) is 60.7 Å². The van der Waals surface area contributed by atoms with Gasteiger partial charge in [-0.05, 0) is 56.3 Å². The molecule has 1 aliphatic heterocycles. The van der Waals surface area contributed by atoms with Crippen LogP contribution in [0.3, 0.4) is 0 Å². The van der Waals surface area contributed by atoms with Gasteiger partial charge in [-0.1, -0.05) is 48.5 Å². The zero-order chi connectivity index (χ0) is 23.7. The SMILES string of the molecule is Cc1ccccc1CN(C(=O)CN1C(=O)c2cccc3cccc1c23)[C@H](C)C(=O)NC(C)C. The van der Waals surface area contributed by atoms with E-state index in [0.717, 1.165) is 27.6 Å². The van der Waals surface area contributed by atoms with Crippen molar-refractivity contribution in [2.75, 3.05) is 11.4 Å². The summed E-state index contributed by atoms with van der Waals surface area (Å²) in [5, 5.41) is 4.73. The lowest BCUT2D eigenvalue weighted by Gasteiger charge is -2.31. The number of benzene rings is 3. The first kappa shape index (κ1) is 22.5. The summed E-state index contributed by atoms with van der Waals surface area (Å²) >= 11 is 0. The molecule has 0 fully saturated rings. The second kappa shape index (κ2) is 9.06. The fraction of sp³-hybridized carbons (Fsp3) is 0.296. The van der Waals surface area contributed by atoms with E-state index in [4.69, 9.17) is 0 Å². The molecule has 170 valence electrons. The highest BCUT2D eigenvalue weighted by Gasteiger charge is 2.34. The first-order valence-corrected chi connectivity index (χ1v) is 11.3. The molecule has 3 aromatic carbocycles. The standard InChI is InChI=1S/C27H29N3O3/c1-17(2)28-26(32)19(4)29(15-21-10-6-5-9-18(21)3)24(31)16-30-23-14-8-12-20-11-7-13-22(25(20)23)27(30)33/h5-14,17,19H,15-16H2,1-4H3,(H,28,32)/t19-/m1/s1. The fourth-order valence-corrected chi connectivity index (χ4v) is 4.32. The van der Waals surface area contributed by atoms with Crippen LogP contribution in [0.25, 0.3) is 10.8 Å². The van der Waals surface area contributed by atoms with Crippen molar-refractivity contribution in [1.82, 2.24) is 10.2 Å². The van der Waals surface area contributed by atoms with E-state index < -0.39 is 6.04 Å². The second-order valence-electron chi connectivity index (χ2n) is 8.86. The van der Waals surface area contributed by atoms with E-state index >= 15 is 0 Å². The Morgan fingerprint density at radius 2 is 1.67 bits per heavy atom. The van der Waals surface area contributed by atoms with Crippen LogP contribution in [0.1, 0.15) is 42.3 Å². The predicted molar refractivity (Wildman–Crippen MR) is 130 cm³/mol. The molecule has 0 saturated carbocycles. The third-order valence-electron chi connectivity index (χ3n) is 6.14. The van der Waals surface area contributed by atoms with E-state index in [1.165, 1.54) is 4.90 Å². The summed E-state index contributed by atoms with van der Waals surface area (Å²) < 4.78 is 0. The number of carbonyl (C=O) groups is 3. The first-order valence-electron chi connectivity index (χ1n) is 11.3. The Morgan fingerprint density at radius 3 is 2.36 bits per heavy atom. The van der Waals surface area contributed by atoms with Crippen molar-refractivity contribution in [3.05, 3.63) is 77.4 Å². The highest BCUT2D eigenvalue weighted by atomic mass is 16.2. The normalized spacial score (nSPS) is 13.5. The average molecular weight is 444 g/mol. The zero-order valence-corrected chi connectivity index (χ0v) is 19.5. The molecule has 3 aromatic rings. The molecule has 1 atom stereocenters. The third kappa shape index (κ3) is 4.33. The monoisotopic (exact) mass is 443 g/mol. The van der Waals surface area contributed by atoms with Gasteiger partial charge in [-0.3, -0.25) is 19.3 Å². The summed E-state index contributed by atoms with van der Waals surface area (Å²) in [6, 6.07) is 18.4.